The molecule has 0 aliphatic heterocycles. The van der Waals surface area contributed by atoms with Crippen LogP contribution in [0, 0.1) is 0 Å². The molecule has 0 bridgehead atoms. The molecule has 1 heterocycles. The highest BCUT2D eigenvalue weighted by atomic mass is 35.5. The number of benzene rings is 1. The highest BCUT2D eigenvalue weighted by Crippen LogP contribution is 2.24. The fourth-order valence-electron chi connectivity index (χ4n) is 1.65. The Kier molecular flexibility index (Phi) is 5.02. The number of ether oxygens (including phenoxy) is 1. The van der Waals surface area contributed by atoms with E-state index in [-0.39, 0.29) is 5.54 Å². The smallest absolute Gasteiger partial charge is 0.131 e. The minimum Gasteiger partial charge on any atom is -0.487 e. The van der Waals surface area contributed by atoms with Crippen LogP contribution in [0.5, 0.6) is 5.75 Å². The van der Waals surface area contributed by atoms with Crippen LogP contribution in [0.4, 0.5) is 0 Å². The largest absolute Gasteiger partial charge is 0.487 e. The number of nitrogens with one attached hydrogen (secondary N) is 1. The Hall–Kier alpha value is -1.10. The molecule has 0 amide bonds. The predicted molar refractivity (Wildman–Crippen MR) is 84.5 cm³/mol. The first kappa shape index (κ1) is 15.3. The molecule has 1 aromatic carbocycles. The minimum atomic E-state index is 0.0501. The van der Waals surface area contributed by atoms with Gasteiger partial charge in [0.25, 0.3) is 0 Å². The van der Waals surface area contributed by atoms with Gasteiger partial charge in [0, 0.05) is 28.0 Å². The molecule has 0 aliphatic rings. The standard InChI is InChI=1S/C15H19ClN2OS/c1-15(2,3)18-7-11-6-12(16)4-5-14(11)19-8-13-9-20-10-17-13/h4-6,9-10,18H,7-8H2,1-3H3. The van der Waals surface area contributed by atoms with Gasteiger partial charge in [-0.15, -0.1) is 11.3 Å². The molecule has 0 aliphatic carbocycles. The summed E-state index contributed by atoms with van der Waals surface area (Å²) in [6.45, 7) is 7.60. The number of thiazole rings is 1. The van der Waals surface area contributed by atoms with Crippen molar-refractivity contribution in [2.45, 2.75) is 39.5 Å². The Morgan fingerprint density at radius 2 is 2.15 bits per heavy atom. The summed E-state index contributed by atoms with van der Waals surface area (Å²) in [7, 11) is 0. The molecule has 2 aromatic rings. The summed E-state index contributed by atoms with van der Waals surface area (Å²) in [6.07, 6.45) is 0. The van der Waals surface area contributed by atoms with Crippen molar-refractivity contribution in [3.8, 4) is 5.75 Å². The second-order valence-electron chi connectivity index (χ2n) is 5.62. The molecule has 5 heteroatoms. The second-order valence-corrected chi connectivity index (χ2v) is 6.78. The second kappa shape index (κ2) is 6.57. The van der Waals surface area contributed by atoms with Crippen molar-refractivity contribution < 1.29 is 4.74 Å². The summed E-state index contributed by atoms with van der Waals surface area (Å²) in [6, 6.07) is 5.70. The van der Waals surface area contributed by atoms with E-state index in [2.05, 4.69) is 31.1 Å². The first-order valence-electron chi connectivity index (χ1n) is 6.47. The van der Waals surface area contributed by atoms with Crippen molar-refractivity contribution in [3.05, 3.63) is 45.4 Å². The normalized spacial score (nSPS) is 11.6. The Morgan fingerprint density at radius 3 is 2.80 bits per heavy atom. The molecule has 0 unspecified atom stereocenters. The first-order valence-corrected chi connectivity index (χ1v) is 7.79. The molecule has 0 fully saturated rings. The lowest BCUT2D eigenvalue weighted by atomic mass is 10.1. The molecule has 0 spiro atoms. The summed E-state index contributed by atoms with van der Waals surface area (Å²) in [5.41, 5.74) is 3.86. The quantitative estimate of drug-likeness (QED) is 0.896. The van der Waals surface area contributed by atoms with E-state index in [1.54, 1.807) is 11.3 Å². The maximum atomic E-state index is 6.07. The Labute approximate surface area is 129 Å². The zero-order valence-electron chi connectivity index (χ0n) is 11.9. The summed E-state index contributed by atoms with van der Waals surface area (Å²) < 4.78 is 5.85. The van der Waals surface area contributed by atoms with Crippen LogP contribution < -0.4 is 10.1 Å². The van der Waals surface area contributed by atoms with Gasteiger partial charge in [0.15, 0.2) is 0 Å². The van der Waals surface area contributed by atoms with E-state index in [0.29, 0.717) is 6.61 Å². The summed E-state index contributed by atoms with van der Waals surface area (Å²) in [5.74, 6) is 0.846. The maximum Gasteiger partial charge on any atom is 0.131 e. The summed E-state index contributed by atoms with van der Waals surface area (Å²) >= 11 is 7.64. The van der Waals surface area contributed by atoms with Crippen LogP contribution in [0.15, 0.2) is 29.1 Å². The molecule has 0 saturated heterocycles. The number of rotatable bonds is 5. The highest BCUT2D eigenvalue weighted by molar-refractivity contribution is 7.07. The van der Waals surface area contributed by atoms with E-state index in [1.165, 1.54) is 0 Å². The Balaban J connectivity index is 2.07. The average Bonchev–Trinajstić information content (AvgIpc) is 2.87. The molecular weight excluding hydrogens is 292 g/mol. The van der Waals surface area contributed by atoms with Gasteiger partial charge < -0.3 is 10.1 Å². The van der Waals surface area contributed by atoms with E-state index in [1.807, 2.05) is 29.1 Å². The Morgan fingerprint density at radius 1 is 1.35 bits per heavy atom. The van der Waals surface area contributed by atoms with E-state index >= 15 is 0 Å². The van der Waals surface area contributed by atoms with Crippen molar-refractivity contribution in [1.29, 1.82) is 0 Å². The third-order valence-corrected chi connectivity index (χ3v) is 3.56. The average molecular weight is 311 g/mol. The van der Waals surface area contributed by atoms with Gasteiger partial charge in [0.05, 0.1) is 11.2 Å². The van der Waals surface area contributed by atoms with Crippen LogP contribution in [-0.2, 0) is 13.2 Å². The van der Waals surface area contributed by atoms with Gasteiger partial charge in [0.2, 0.25) is 0 Å². The Bertz CT molecular complexity index is 549. The molecule has 0 atom stereocenters. The maximum absolute atomic E-state index is 6.07. The third kappa shape index (κ3) is 4.78. The van der Waals surface area contributed by atoms with Gasteiger partial charge in [-0.3, -0.25) is 0 Å². The van der Waals surface area contributed by atoms with Crippen LogP contribution in [0.3, 0.4) is 0 Å². The van der Waals surface area contributed by atoms with Crippen LogP contribution in [-0.4, -0.2) is 10.5 Å². The lowest BCUT2D eigenvalue weighted by Gasteiger charge is -2.21. The van der Waals surface area contributed by atoms with Crippen molar-refractivity contribution in [2.24, 2.45) is 0 Å². The summed E-state index contributed by atoms with van der Waals surface area (Å²) in [5, 5.41) is 6.16. The molecule has 0 radical (unpaired) electrons. The number of nitrogens with zero attached hydrogens (tertiary/aromatic N) is 1. The number of hydrogen-bond donors (Lipinski definition) is 1. The van der Waals surface area contributed by atoms with Crippen LogP contribution >= 0.6 is 22.9 Å². The minimum absolute atomic E-state index is 0.0501. The summed E-state index contributed by atoms with van der Waals surface area (Å²) in [4.78, 5) is 4.22. The molecule has 3 nitrogen and oxygen atoms in total. The zero-order chi connectivity index (χ0) is 14.6. The number of aromatic nitrogens is 1. The van der Waals surface area contributed by atoms with Crippen molar-refractivity contribution >= 4 is 22.9 Å². The predicted octanol–water partition coefficient (Wildman–Crippen LogP) is 4.26. The molecule has 1 N–H and O–H groups in total. The fourth-order valence-corrected chi connectivity index (χ4v) is 2.39. The topological polar surface area (TPSA) is 34.1 Å². The monoisotopic (exact) mass is 310 g/mol. The SMILES string of the molecule is CC(C)(C)NCc1cc(Cl)ccc1OCc1cscn1. The molecule has 0 saturated carbocycles. The van der Waals surface area contributed by atoms with Crippen molar-refractivity contribution in [2.75, 3.05) is 0 Å². The number of hydrogen-bond acceptors (Lipinski definition) is 4. The van der Waals surface area contributed by atoms with Crippen LogP contribution in [0.25, 0.3) is 0 Å². The van der Waals surface area contributed by atoms with Crippen molar-refractivity contribution in [1.82, 2.24) is 10.3 Å². The lowest BCUT2D eigenvalue weighted by molar-refractivity contribution is 0.296. The van der Waals surface area contributed by atoms with Crippen molar-refractivity contribution in [3.63, 3.8) is 0 Å². The zero-order valence-corrected chi connectivity index (χ0v) is 13.5. The van der Waals surface area contributed by atoms with E-state index in [0.717, 1.165) is 28.6 Å². The molecular formula is C15H19ClN2OS. The van der Waals surface area contributed by atoms with Gasteiger partial charge in [-0.2, -0.15) is 0 Å². The van der Waals surface area contributed by atoms with Gasteiger partial charge in [-0.1, -0.05) is 11.6 Å². The molecule has 2 rings (SSSR count). The van der Waals surface area contributed by atoms with Gasteiger partial charge >= 0.3 is 0 Å². The van der Waals surface area contributed by atoms with E-state index < -0.39 is 0 Å². The van der Waals surface area contributed by atoms with E-state index in [4.69, 9.17) is 16.3 Å². The lowest BCUT2D eigenvalue weighted by Crippen LogP contribution is -2.35. The van der Waals surface area contributed by atoms with Gasteiger partial charge in [-0.25, -0.2) is 4.98 Å². The van der Waals surface area contributed by atoms with Gasteiger partial charge in [-0.05, 0) is 39.0 Å². The highest BCUT2D eigenvalue weighted by Gasteiger charge is 2.12. The van der Waals surface area contributed by atoms with Crippen LogP contribution in [0.2, 0.25) is 5.02 Å². The fraction of sp³-hybridized carbons (Fsp3) is 0.400. The molecule has 1 aromatic heterocycles. The third-order valence-electron chi connectivity index (χ3n) is 2.69. The van der Waals surface area contributed by atoms with E-state index in [9.17, 15) is 0 Å². The number of halogens is 1. The molecule has 20 heavy (non-hydrogen) atoms. The van der Waals surface area contributed by atoms with Crippen LogP contribution in [0.1, 0.15) is 32.0 Å². The molecule has 108 valence electrons. The van der Waals surface area contributed by atoms with Gasteiger partial charge in [0.1, 0.15) is 12.4 Å². The first-order chi connectivity index (χ1) is 9.44.